The van der Waals surface area contributed by atoms with Gasteiger partial charge in [-0.3, -0.25) is 14.4 Å². The highest BCUT2D eigenvalue weighted by Crippen LogP contribution is 2.16. The largest absolute Gasteiger partial charge is 0.462 e. The Hall–Kier alpha value is -2.37. The molecule has 0 radical (unpaired) electrons. The highest BCUT2D eigenvalue weighted by molar-refractivity contribution is 5.71. The van der Waals surface area contributed by atoms with Crippen LogP contribution in [0.3, 0.4) is 0 Å². The van der Waals surface area contributed by atoms with Crippen molar-refractivity contribution in [2.24, 2.45) is 0 Å². The maximum Gasteiger partial charge on any atom is 0.306 e. The van der Waals surface area contributed by atoms with Crippen LogP contribution >= 0.6 is 0 Å². The van der Waals surface area contributed by atoms with Crippen molar-refractivity contribution >= 4 is 17.9 Å². The summed E-state index contributed by atoms with van der Waals surface area (Å²) < 4.78 is 16.7. The fourth-order valence-electron chi connectivity index (χ4n) is 8.29. The van der Waals surface area contributed by atoms with Crippen LogP contribution in [-0.4, -0.2) is 37.2 Å². The molecule has 0 aromatic heterocycles. The van der Waals surface area contributed by atoms with E-state index in [1.165, 1.54) is 186 Å². The molecule has 0 saturated heterocycles. The number of allylic oxidation sites excluding steroid dienone is 6. The Labute approximate surface area is 404 Å². The van der Waals surface area contributed by atoms with E-state index >= 15 is 0 Å². The van der Waals surface area contributed by atoms with E-state index in [1.807, 2.05) is 0 Å². The van der Waals surface area contributed by atoms with Gasteiger partial charge >= 0.3 is 17.9 Å². The van der Waals surface area contributed by atoms with Gasteiger partial charge in [-0.25, -0.2) is 0 Å². The zero-order valence-corrected chi connectivity index (χ0v) is 43.5. The fourth-order valence-corrected chi connectivity index (χ4v) is 8.29. The van der Waals surface area contributed by atoms with Crippen LogP contribution in [0.4, 0.5) is 0 Å². The first-order valence-electron chi connectivity index (χ1n) is 28.5. The van der Waals surface area contributed by atoms with Gasteiger partial charge in [-0.1, -0.05) is 243 Å². The fraction of sp³-hybridized carbons (Fsp3) is 0.847. The molecular formula is C59H108O6. The minimum atomic E-state index is -0.769. The maximum atomic E-state index is 12.7. The summed E-state index contributed by atoms with van der Waals surface area (Å²) in [6.07, 6.45) is 64.8. The second kappa shape index (κ2) is 54.2. The smallest absolute Gasteiger partial charge is 0.306 e. The van der Waals surface area contributed by atoms with Crippen molar-refractivity contribution in [3.63, 3.8) is 0 Å². The lowest BCUT2D eigenvalue weighted by atomic mass is 10.0. The van der Waals surface area contributed by atoms with E-state index in [0.717, 1.165) is 77.0 Å². The summed E-state index contributed by atoms with van der Waals surface area (Å²) in [5, 5.41) is 0. The van der Waals surface area contributed by atoms with Crippen LogP contribution in [0.5, 0.6) is 0 Å². The summed E-state index contributed by atoms with van der Waals surface area (Å²) in [5.74, 6) is -0.884. The monoisotopic (exact) mass is 913 g/mol. The van der Waals surface area contributed by atoms with Crippen LogP contribution in [0, 0.1) is 0 Å². The quantitative estimate of drug-likeness (QED) is 0.0262. The molecule has 6 nitrogen and oxygen atoms in total. The molecule has 0 rings (SSSR count). The van der Waals surface area contributed by atoms with Gasteiger partial charge in [0.1, 0.15) is 13.2 Å². The number of carbonyl (C=O) groups excluding carboxylic acids is 3. The van der Waals surface area contributed by atoms with Crippen LogP contribution in [0.1, 0.15) is 303 Å². The standard InChI is InChI=1S/C59H108O6/c1-4-7-10-13-15-17-19-21-22-23-24-25-26-27-28-29-30-31-32-33-34-35-36-38-39-41-43-46-49-52-58(61)64-55-56(54-63-57(60)51-48-45-12-9-6-3)65-59(62)53-50-47-44-42-40-37-20-18-16-14-11-8-5-2/h18-21,23-24,56H,4-17,22,25-55H2,1-3H3/b20-18-,21-19-,24-23-. The van der Waals surface area contributed by atoms with Gasteiger partial charge in [0.15, 0.2) is 6.10 Å². The second-order valence-electron chi connectivity index (χ2n) is 19.2. The lowest BCUT2D eigenvalue weighted by Crippen LogP contribution is -2.30. The van der Waals surface area contributed by atoms with Crippen LogP contribution < -0.4 is 0 Å². The summed E-state index contributed by atoms with van der Waals surface area (Å²) in [5.41, 5.74) is 0. The number of hydrogen-bond acceptors (Lipinski definition) is 6. The van der Waals surface area contributed by atoms with Crippen molar-refractivity contribution in [3.8, 4) is 0 Å². The zero-order valence-electron chi connectivity index (χ0n) is 43.5. The molecule has 1 atom stereocenters. The Morgan fingerprint density at radius 2 is 0.554 bits per heavy atom. The lowest BCUT2D eigenvalue weighted by molar-refractivity contribution is -0.167. The number of rotatable bonds is 52. The number of unbranched alkanes of at least 4 members (excludes halogenated alkanes) is 35. The highest BCUT2D eigenvalue weighted by atomic mass is 16.6. The predicted octanol–water partition coefficient (Wildman–Crippen LogP) is 18.9. The second-order valence-corrected chi connectivity index (χ2v) is 19.2. The molecule has 65 heavy (non-hydrogen) atoms. The van der Waals surface area contributed by atoms with Gasteiger partial charge in [-0.15, -0.1) is 0 Å². The number of carbonyl (C=O) groups is 3. The molecule has 0 aliphatic heterocycles. The van der Waals surface area contributed by atoms with E-state index in [0.29, 0.717) is 19.3 Å². The topological polar surface area (TPSA) is 78.9 Å². The van der Waals surface area contributed by atoms with Crippen molar-refractivity contribution in [3.05, 3.63) is 36.5 Å². The Kier molecular flexibility index (Phi) is 52.3. The van der Waals surface area contributed by atoms with Crippen LogP contribution in [0.25, 0.3) is 0 Å². The van der Waals surface area contributed by atoms with Gasteiger partial charge in [0.05, 0.1) is 0 Å². The van der Waals surface area contributed by atoms with E-state index in [2.05, 4.69) is 57.2 Å². The molecule has 0 bridgehead atoms. The Morgan fingerprint density at radius 1 is 0.308 bits per heavy atom. The summed E-state index contributed by atoms with van der Waals surface area (Å²) in [6, 6.07) is 0. The van der Waals surface area contributed by atoms with Gasteiger partial charge in [-0.05, 0) is 77.0 Å². The average Bonchev–Trinajstić information content (AvgIpc) is 3.30. The van der Waals surface area contributed by atoms with Crippen molar-refractivity contribution < 1.29 is 28.6 Å². The van der Waals surface area contributed by atoms with E-state index < -0.39 is 6.10 Å². The molecule has 6 heteroatoms. The molecule has 0 saturated carbocycles. The number of esters is 3. The van der Waals surface area contributed by atoms with Gasteiger partial charge in [0.2, 0.25) is 0 Å². The minimum absolute atomic E-state index is 0.0726. The summed E-state index contributed by atoms with van der Waals surface area (Å²) in [4.78, 5) is 37.7. The first-order valence-corrected chi connectivity index (χ1v) is 28.5. The van der Waals surface area contributed by atoms with E-state index in [-0.39, 0.29) is 31.1 Å². The molecule has 0 fully saturated rings. The number of ether oxygens (including phenoxy) is 3. The van der Waals surface area contributed by atoms with Crippen molar-refractivity contribution in [1.82, 2.24) is 0 Å². The SMILES string of the molecule is CCCCCC/C=C\CCCCCCCC(=O)OC(COC(=O)CCCCCCC)COC(=O)CCCCCCCCCCCCCCCCCCC/C=C\C/C=C\CCCCCCC. The molecule has 0 aromatic carbocycles. The summed E-state index contributed by atoms with van der Waals surface area (Å²) in [7, 11) is 0. The van der Waals surface area contributed by atoms with Crippen molar-refractivity contribution in [2.45, 2.75) is 309 Å². The third-order valence-corrected chi connectivity index (χ3v) is 12.6. The highest BCUT2D eigenvalue weighted by Gasteiger charge is 2.19. The summed E-state index contributed by atoms with van der Waals surface area (Å²) >= 11 is 0. The van der Waals surface area contributed by atoms with Gasteiger partial charge < -0.3 is 14.2 Å². The Balaban J connectivity index is 3.95. The van der Waals surface area contributed by atoms with Crippen LogP contribution in [-0.2, 0) is 28.6 Å². The zero-order chi connectivity index (χ0) is 47.2. The van der Waals surface area contributed by atoms with E-state index in [9.17, 15) is 14.4 Å². The Bertz CT molecular complexity index is 1090. The molecule has 0 spiro atoms. The molecule has 0 amide bonds. The van der Waals surface area contributed by atoms with Crippen molar-refractivity contribution in [1.29, 1.82) is 0 Å². The maximum absolute atomic E-state index is 12.7. The Morgan fingerprint density at radius 3 is 0.877 bits per heavy atom. The molecule has 380 valence electrons. The van der Waals surface area contributed by atoms with Crippen molar-refractivity contribution in [2.75, 3.05) is 13.2 Å². The van der Waals surface area contributed by atoms with E-state index in [1.54, 1.807) is 0 Å². The van der Waals surface area contributed by atoms with Gasteiger partial charge in [0, 0.05) is 19.3 Å². The third kappa shape index (κ3) is 52.5. The molecule has 0 aliphatic rings. The van der Waals surface area contributed by atoms with Crippen LogP contribution in [0.15, 0.2) is 36.5 Å². The molecule has 0 aliphatic carbocycles. The molecule has 0 aromatic rings. The molecule has 1 unspecified atom stereocenters. The van der Waals surface area contributed by atoms with Crippen LogP contribution in [0.2, 0.25) is 0 Å². The number of hydrogen-bond donors (Lipinski definition) is 0. The predicted molar refractivity (Wildman–Crippen MR) is 279 cm³/mol. The first-order chi connectivity index (χ1) is 32.0. The van der Waals surface area contributed by atoms with Gasteiger partial charge in [0.25, 0.3) is 0 Å². The van der Waals surface area contributed by atoms with E-state index in [4.69, 9.17) is 14.2 Å². The average molecular weight is 914 g/mol. The molecule has 0 heterocycles. The van der Waals surface area contributed by atoms with Gasteiger partial charge in [-0.2, -0.15) is 0 Å². The summed E-state index contributed by atoms with van der Waals surface area (Å²) in [6.45, 7) is 6.55. The minimum Gasteiger partial charge on any atom is -0.462 e. The third-order valence-electron chi connectivity index (χ3n) is 12.6. The first kappa shape index (κ1) is 62.6. The molecular weight excluding hydrogens is 805 g/mol. The normalized spacial score (nSPS) is 12.2. The lowest BCUT2D eigenvalue weighted by Gasteiger charge is -2.18. The molecule has 0 N–H and O–H groups in total.